The molecule has 0 bridgehead atoms. The minimum atomic E-state index is -0.599. The van der Waals surface area contributed by atoms with Gasteiger partial charge >= 0.3 is 0 Å². The van der Waals surface area contributed by atoms with Crippen LogP contribution in [0.4, 0.5) is 4.39 Å². The molecule has 1 atom stereocenters. The normalized spacial score (nSPS) is 13.1. The number of nitriles is 1. The summed E-state index contributed by atoms with van der Waals surface area (Å²) in [7, 11) is 0. The van der Waals surface area contributed by atoms with Crippen molar-refractivity contribution in [1.29, 1.82) is 5.26 Å². The summed E-state index contributed by atoms with van der Waals surface area (Å²) < 4.78 is 13.5. The molecule has 0 aliphatic carbocycles. The molecule has 33 heavy (non-hydrogen) atoms. The fourth-order valence-corrected chi connectivity index (χ4v) is 4.54. The second-order valence-electron chi connectivity index (χ2n) is 9.16. The molecule has 0 aromatic heterocycles. The van der Waals surface area contributed by atoms with Gasteiger partial charge in [0.1, 0.15) is 5.82 Å². The van der Waals surface area contributed by atoms with Crippen LogP contribution in [0.15, 0.2) is 84.9 Å². The maximum atomic E-state index is 13.5. The molecule has 0 heterocycles. The van der Waals surface area contributed by atoms with Crippen LogP contribution in [0, 0.1) is 23.1 Å². The molecule has 3 heteroatoms. The lowest BCUT2D eigenvalue weighted by Crippen LogP contribution is -2.34. The Morgan fingerprint density at radius 2 is 1.30 bits per heavy atom. The largest absolute Gasteiger partial charge is 0.303 e. The van der Waals surface area contributed by atoms with Gasteiger partial charge in [0.25, 0.3) is 0 Å². The van der Waals surface area contributed by atoms with Gasteiger partial charge < -0.3 is 4.90 Å². The average molecular weight is 443 g/mol. The second kappa shape index (κ2) is 12.3. The van der Waals surface area contributed by atoms with Crippen LogP contribution in [0.5, 0.6) is 0 Å². The van der Waals surface area contributed by atoms with Gasteiger partial charge in [-0.25, -0.2) is 4.39 Å². The standard InChI is InChI=1S/C30H35FN2/c1-25(2)30(24-32,28-14-16-29(31)17-15-28)20-9-21-33(22-18-26-10-5-3-6-11-26)23-19-27-12-7-4-8-13-27/h3-8,10-17,25H,9,18-23H2,1-2H3. The molecule has 3 aromatic rings. The first-order valence-electron chi connectivity index (χ1n) is 12.0. The van der Waals surface area contributed by atoms with Gasteiger partial charge in [-0.3, -0.25) is 0 Å². The van der Waals surface area contributed by atoms with Crippen LogP contribution < -0.4 is 0 Å². The lowest BCUT2D eigenvalue weighted by molar-refractivity contribution is 0.256. The molecule has 1 unspecified atom stereocenters. The number of hydrogen-bond donors (Lipinski definition) is 0. The van der Waals surface area contributed by atoms with Crippen LogP contribution in [0.3, 0.4) is 0 Å². The fourth-order valence-electron chi connectivity index (χ4n) is 4.54. The van der Waals surface area contributed by atoms with Gasteiger partial charge in [-0.05, 0) is 67.0 Å². The zero-order chi connectivity index (χ0) is 23.5. The van der Waals surface area contributed by atoms with Crippen molar-refractivity contribution < 1.29 is 4.39 Å². The van der Waals surface area contributed by atoms with Gasteiger partial charge in [0.2, 0.25) is 0 Å². The van der Waals surface area contributed by atoms with Crippen molar-refractivity contribution in [3.63, 3.8) is 0 Å². The molecule has 0 spiro atoms. The Balaban J connectivity index is 1.66. The Morgan fingerprint density at radius 1 is 0.788 bits per heavy atom. The summed E-state index contributed by atoms with van der Waals surface area (Å²) in [6.07, 6.45) is 3.72. The SMILES string of the molecule is CC(C)C(C#N)(CCCN(CCc1ccccc1)CCc1ccccc1)c1ccc(F)cc1. The molecule has 0 aliphatic rings. The molecule has 0 saturated carbocycles. The first-order chi connectivity index (χ1) is 16.0. The van der Waals surface area contributed by atoms with E-state index in [1.54, 1.807) is 12.1 Å². The summed E-state index contributed by atoms with van der Waals surface area (Å²) in [5, 5.41) is 10.2. The van der Waals surface area contributed by atoms with Crippen LogP contribution in [0.25, 0.3) is 0 Å². The van der Waals surface area contributed by atoms with Gasteiger partial charge in [0.05, 0.1) is 11.5 Å². The quantitative estimate of drug-likeness (QED) is 0.308. The third-order valence-electron chi connectivity index (χ3n) is 6.71. The summed E-state index contributed by atoms with van der Waals surface area (Å²) in [6, 6.07) is 30.3. The van der Waals surface area contributed by atoms with Crippen molar-refractivity contribution in [1.82, 2.24) is 4.90 Å². The average Bonchev–Trinajstić information content (AvgIpc) is 2.85. The number of hydrogen-bond acceptors (Lipinski definition) is 2. The van der Waals surface area contributed by atoms with E-state index in [0.717, 1.165) is 50.9 Å². The van der Waals surface area contributed by atoms with Crippen molar-refractivity contribution in [2.45, 2.75) is 44.9 Å². The number of benzene rings is 3. The molecular weight excluding hydrogens is 407 g/mol. The highest BCUT2D eigenvalue weighted by molar-refractivity contribution is 5.33. The van der Waals surface area contributed by atoms with Crippen LogP contribution in [-0.4, -0.2) is 24.5 Å². The lowest BCUT2D eigenvalue weighted by Gasteiger charge is -2.32. The van der Waals surface area contributed by atoms with E-state index in [0.29, 0.717) is 0 Å². The topological polar surface area (TPSA) is 27.0 Å². The Hall–Kier alpha value is -2.96. The number of nitrogens with zero attached hydrogens (tertiary/aromatic N) is 2. The Labute approximate surface area is 198 Å². The maximum absolute atomic E-state index is 13.5. The van der Waals surface area contributed by atoms with E-state index in [9.17, 15) is 9.65 Å². The third-order valence-corrected chi connectivity index (χ3v) is 6.71. The summed E-state index contributed by atoms with van der Waals surface area (Å²) in [4.78, 5) is 2.52. The van der Waals surface area contributed by atoms with Crippen LogP contribution in [0.2, 0.25) is 0 Å². The second-order valence-corrected chi connectivity index (χ2v) is 9.16. The van der Waals surface area contributed by atoms with E-state index in [4.69, 9.17) is 0 Å². The summed E-state index contributed by atoms with van der Waals surface area (Å²) in [5.74, 6) is -0.114. The lowest BCUT2D eigenvalue weighted by atomic mass is 9.70. The maximum Gasteiger partial charge on any atom is 0.123 e. The van der Waals surface area contributed by atoms with Crippen LogP contribution >= 0.6 is 0 Å². The van der Waals surface area contributed by atoms with Gasteiger partial charge in [-0.15, -0.1) is 0 Å². The van der Waals surface area contributed by atoms with E-state index in [-0.39, 0.29) is 11.7 Å². The van der Waals surface area contributed by atoms with Gasteiger partial charge in [0, 0.05) is 13.1 Å². The molecular formula is C30H35FN2. The highest BCUT2D eigenvalue weighted by atomic mass is 19.1. The predicted octanol–water partition coefficient (Wildman–Crippen LogP) is 6.81. The third kappa shape index (κ3) is 7.01. The van der Waals surface area contributed by atoms with E-state index < -0.39 is 5.41 Å². The first-order valence-corrected chi connectivity index (χ1v) is 12.0. The minimum Gasteiger partial charge on any atom is -0.303 e. The first kappa shape index (κ1) is 24.7. The summed E-state index contributed by atoms with van der Waals surface area (Å²) >= 11 is 0. The van der Waals surface area contributed by atoms with E-state index >= 15 is 0 Å². The van der Waals surface area contributed by atoms with Crippen molar-refractivity contribution in [3.05, 3.63) is 107 Å². The molecule has 3 rings (SSSR count). The van der Waals surface area contributed by atoms with E-state index in [1.807, 2.05) is 0 Å². The zero-order valence-corrected chi connectivity index (χ0v) is 19.9. The smallest absolute Gasteiger partial charge is 0.123 e. The van der Waals surface area contributed by atoms with Crippen molar-refractivity contribution in [2.24, 2.45) is 5.92 Å². The van der Waals surface area contributed by atoms with Crippen molar-refractivity contribution in [2.75, 3.05) is 19.6 Å². The van der Waals surface area contributed by atoms with Crippen molar-refractivity contribution in [3.8, 4) is 6.07 Å². The molecule has 172 valence electrons. The molecule has 0 saturated heterocycles. The van der Waals surface area contributed by atoms with E-state index in [1.165, 1.54) is 23.3 Å². The van der Waals surface area contributed by atoms with Gasteiger partial charge in [-0.1, -0.05) is 86.6 Å². The molecule has 0 radical (unpaired) electrons. The molecule has 3 aromatic carbocycles. The highest BCUT2D eigenvalue weighted by Crippen LogP contribution is 2.36. The minimum absolute atomic E-state index is 0.148. The summed E-state index contributed by atoms with van der Waals surface area (Å²) in [6.45, 7) is 7.12. The number of rotatable bonds is 12. The fraction of sp³-hybridized carbons (Fsp3) is 0.367. The predicted molar refractivity (Wildman–Crippen MR) is 134 cm³/mol. The zero-order valence-electron chi connectivity index (χ0n) is 19.9. The molecule has 0 aliphatic heterocycles. The Kier molecular flexibility index (Phi) is 9.22. The van der Waals surface area contributed by atoms with Gasteiger partial charge in [-0.2, -0.15) is 5.26 Å². The van der Waals surface area contributed by atoms with E-state index in [2.05, 4.69) is 85.5 Å². The highest BCUT2D eigenvalue weighted by Gasteiger charge is 2.35. The summed E-state index contributed by atoms with van der Waals surface area (Å²) in [5.41, 5.74) is 3.02. The van der Waals surface area contributed by atoms with Crippen LogP contribution in [-0.2, 0) is 18.3 Å². The monoisotopic (exact) mass is 442 g/mol. The molecule has 2 nitrogen and oxygen atoms in total. The Bertz CT molecular complexity index is 949. The molecule has 0 amide bonds. The van der Waals surface area contributed by atoms with Crippen LogP contribution in [0.1, 0.15) is 43.4 Å². The molecule has 0 N–H and O–H groups in total. The number of halogens is 1. The Morgan fingerprint density at radius 3 is 1.76 bits per heavy atom. The van der Waals surface area contributed by atoms with Crippen molar-refractivity contribution >= 4 is 0 Å². The molecule has 0 fully saturated rings. The van der Waals surface area contributed by atoms with Gasteiger partial charge in [0.15, 0.2) is 0 Å².